The highest BCUT2D eigenvalue weighted by molar-refractivity contribution is 7.08. The van der Waals surface area contributed by atoms with Crippen LogP contribution < -0.4 is 10.6 Å². The van der Waals surface area contributed by atoms with Gasteiger partial charge in [0.25, 0.3) is 11.8 Å². The lowest BCUT2D eigenvalue weighted by atomic mass is 10.2. The molecule has 0 unspecified atom stereocenters. The van der Waals surface area contributed by atoms with E-state index in [4.69, 9.17) is 0 Å². The molecule has 0 aliphatic rings. The lowest BCUT2D eigenvalue weighted by Gasteiger charge is -2.05. The largest absolute Gasteiger partial charge is 0.338 e. The van der Waals surface area contributed by atoms with Gasteiger partial charge >= 0.3 is 0 Å². The van der Waals surface area contributed by atoms with Gasteiger partial charge in [0, 0.05) is 34.7 Å². The molecule has 2 aromatic carbocycles. The highest BCUT2D eigenvalue weighted by atomic mass is 32.1. The van der Waals surface area contributed by atoms with Crippen molar-refractivity contribution in [1.82, 2.24) is 15.0 Å². The van der Waals surface area contributed by atoms with Crippen molar-refractivity contribution in [3.63, 3.8) is 0 Å². The molecule has 0 aliphatic carbocycles. The molecule has 0 atom stereocenters. The van der Waals surface area contributed by atoms with Crippen LogP contribution >= 0.6 is 11.3 Å². The Kier molecular flexibility index (Phi) is 5.19. The molecular weight excluding hydrogens is 422 g/mol. The lowest BCUT2D eigenvalue weighted by Crippen LogP contribution is -2.11. The van der Waals surface area contributed by atoms with Gasteiger partial charge in [-0.15, -0.1) is 0 Å². The number of anilines is 2. The van der Waals surface area contributed by atoms with Crippen molar-refractivity contribution < 1.29 is 9.59 Å². The van der Waals surface area contributed by atoms with E-state index in [1.807, 2.05) is 53.2 Å². The molecule has 3 heterocycles. The van der Waals surface area contributed by atoms with Gasteiger partial charge in [-0.2, -0.15) is 11.3 Å². The minimum Gasteiger partial charge on any atom is -0.338 e. The third kappa shape index (κ3) is 4.12. The zero-order chi connectivity index (χ0) is 21.9. The van der Waals surface area contributed by atoms with Crippen molar-refractivity contribution in [3.05, 3.63) is 94.9 Å². The molecule has 0 saturated heterocycles. The number of aromatic amines is 1. The van der Waals surface area contributed by atoms with E-state index < -0.39 is 0 Å². The molecule has 0 spiro atoms. The van der Waals surface area contributed by atoms with Gasteiger partial charge < -0.3 is 15.6 Å². The predicted molar refractivity (Wildman–Crippen MR) is 126 cm³/mol. The molecule has 0 fully saturated rings. The first-order chi connectivity index (χ1) is 15.7. The number of benzene rings is 2. The highest BCUT2D eigenvalue weighted by Gasteiger charge is 2.10. The number of hydrogen-bond acceptors (Lipinski definition) is 5. The van der Waals surface area contributed by atoms with Crippen LogP contribution in [0.15, 0.2) is 83.8 Å². The van der Waals surface area contributed by atoms with Crippen molar-refractivity contribution in [3.8, 4) is 11.4 Å². The van der Waals surface area contributed by atoms with Gasteiger partial charge in [0.2, 0.25) is 0 Å². The molecule has 0 aliphatic heterocycles. The van der Waals surface area contributed by atoms with Crippen molar-refractivity contribution >= 4 is 45.6 Å². The van der Waals surface area contributed by atoms with E-state index in [9.17, 15) is 9.59 Å². The summed E-state index contributed by atoms with van der Waals surface area (Å²) < 4.78 is 0. The van der Waals surface area contributed by atoms with Crippen LogP contribution in [0.4, 0.5) is 11.4 Å². The maximum atomic E-state index is 12.3. The number of carbonyl (C=O) groups is 2. The van der Waals surface area contributed by atoms with Gasteiger partial charge in [-0.3, -0.25) is 14.6 Å². The van der Waals surface area contributed by atoms with Gasteiger partial charge in [-0.05, 0) is 66.0 Å². The first kappa shape index (κ1) is 19.7. The first-order valence-electron chi connectivity index (χ1n) is 9.81. The average molecular weight is 440 g/mol. The van der Waals surface area contributed by atoms with Crippen LogP contribution in [0.5, 0.6) is 0 Å². The van der Waals surface area contributed by atoms with E-state index in [2.05, 4.69) is 25.6 Å². The summed E-state index contributed by atoms with van der Waals surface area (Å²) in [6.45, 7) is 0. The van der Waals surface area contributed by atoms with E-state index in [1.165, 1.54) is 17.5 Å². The minimum atomic E-state index is -0.216. The van der Waals surface area contributed by atoms with E-state index >= 15 is 0 Å². The zero-order valence-corrected chi connectivity index (χ0v) is 17.5. The maximum absolute atomic E-state index is 12.3. The van der Waals surface area contributed by atoms with Crippen LogP contribution in [0, 0.1) is 0 Å². The quantitative estimate of drug-likeness (QED) is 0.351. The predicted octanol–water partition coefficient (Wildman–Crippen LogP) is 5.19. The number of hydrogen-bond donors (Lipinski definition) is 3. The van der Waals surface area contributed by atoms with Gasteiger partial charge in [0.15, 0.2) is 0 Å². The van der Waals surface area contributed by atoms with Crippen LogP contribution in [-0.2, 0) is 0 Å². The summed E-state index contributed by atoms with van der Waals surface area (Å²) in [7, 11) is 0. The summed E-state index contributed by atoms with van der Waals surface area (Å²) in [6.07, 6.45) is 3.15. The van der Waals surface area contributed by atoms with Crippen molar-refractivity contribution in [1.29, 1.82) is 0 Å². The number of fused-ring (bicyclic) bond motifs is 1. The number of rotatable bonds is 5. The summed E-state index contributed by atoms with van der Waals surface area (Å²) in [6, 6.07) is 18.2. The lowest BCUT2D eigenvalue weighted by molar-refractivity contribution is 0.101. The summed E-state index contributed by atoms with van der Waals surface area (Å²) in [5, 5.41) is 9.43. The molecule has 0 saturated carbocycles. The third-order valence-electron chi connectivity index (χ3n) is 4.86. The minimum absolute atomic E-state index is 0.144. The second-order valence-electron chi connectivity index (χ2n) is 7.06. The molecule has 7 nitrogen and oxygen atoms in total. The highest BCUT2D eigenvalue weighted by Crippen LogP contribution is 2.24. The summed E-state index contributed by atoms with van der Waals surface area (Å²) in [5.74, 6) is 0.340. The number of H-pyrrole nitrogens is 1. The third-order valence-corrected chi connectivity index (χ3v) is 5.55. The molecule has 0 bridgehead atoms. The number of pyridine rings is 1. The Morgan fingerprint density at radius 2 is 1.66 bits per heavy atom. The molecule has 0 radical (unpaired) electrons. The smallest absolute Gasteiger partial charge is 0.257 e. The zero-order valence-electron chi connectivity index (χ0n) is 16.7. The van der Waals surface area contributed by atoms with Crippen LogP contribution in [0.3, 0.4) is 0 Å². The standard InChI is InChI=1S/C24H17N5O2S/c30-23(16-2-1-10-25-13-16)26-18-5-3-15(4-6-18)22-28-20-8-7-19(12-21(20)29-22)27-24(31)17-9-11-32-14-17/h1-14H,(H,26,30)(H,27,31)(H,28,29). The molecular formula is C24H17N5O2S. The first-order valence-corrected chi connectivity index (χ1v) is 10.8. The Morgan fingerprint density at radius 1 is 0.875 bits per heavy atom. The fourth-order valence-electron chi connectivity index (χ4n) is 3.23. The normalized spacial score (nSPS) is 10.8. The van der Waals surface area contributed by atoms with Crippen molar-refractivity contribution in [2.24, 2.45) is 0 Å². The Balaban J connectivity index is 1.32. The topological polar surface area (TPSA) is 99.8 Å². The van der Waals surface area contributed by atoms with Gasteiger partial charge in [-0.25, -0.2) is 4.98 Å². The fourth-order valence-corrected chi connectivity index (χ4v) is 3.87. The number of thiophene rings is 1. The molecule has 3 N–H and O–H groups in total. The summed E-state index contributed by atoms with van der Waals surface area (Å²) in [4.78, 5) is 36.4. The van der Waals surface area contributed by atoms with Crippen LogP contribution in [-0.4, -0.2) is 26.8 Å². The monoisotopic (exact) mass is 439 g/mol. The number of nitrogens with one attached hydrogen (secondary N) is 3. The van der Waals surface area contributed by atoms with Gasteiger partial charge in [-0.1, -0.05) is 0 Å². The fraction of sp³-hybridized carbons (Fsp3) is 0. The second-order valence-corrected chi connectivity index (χ2v) is 7.84. The number of nitrogens with zero attached hydrogens (tertiary/aromatic N) is 2. The SMILES string of the molecule is O=C(Nc1ccc(-c2nc3ccc(NC(=O)c4ccsc4)cc3[nH]2)cc1)c1cccnc1. The molecule has 156 valence electrons. The maximum Gasteiger partial charge on any atom is 0.257 e. The molecule has 8 heteroatoms. The van der Waals surface area contributed by atoms with Crippen LogP contribution in [0.1, 0.15) is 20.7 Å². The Bertz CT molecular complexity index is 1390. The van der Waals surface area contributed by atoms with Crippen molar-refractivity contribution in [2.45, 2.75) is 0 Å². The summed E-state index contributed by atoms with van der Waals surface area (Å²) in [5.41, 5.74) is 4.99. The molecule has 2 amide bonds. The molecule has 3 aromatic heterocycles. The van der Waals surface area contributed by atoms with E-state index in [0.29, 0.717) is 28.3 Å². The Labute approximate surface area is 187 Å². The Morgan fingerprint density at radius 3 is 2.41 bits per heavy atom. The summed E-state index contributed by atoms with van der Waals surface area (Å²) >= 11 is 1.48. The number of amides is 2. The van der Waals surface area contributed by atoms with Crippen molar-refractivity contribution in [2.75, 3.05) is 10.6 Å². The second kappa shape index (κ2) is 8.44. The number of aromatic nitrogens is 3. The van der Waals surface area contributed by atoms with E-state index in [-0.39, 0.29) is 11.8 Å². The molecule has 5 aromatic rings. The molecule has 5 rings (SSSR count). The van der Waals surface area contributed by atoms with Crippen LogP contribution in [0.2, 0.25) is 0 Å². The van der Waals surface area contributed by atoms with Gasteiger partial charge in [0.1, 0.15) is 5.82 Å². The number of imidazole rings is 1. The Hall–Kier alpha value is -4.30. The van der Waals surface area contributed by atoms with E-state index in [1.54, 1.807) is 24.4 Å². The van der Waals surface area contributed by atoms with E-state index in [0.717, 1.165) is 16.6 Å². The molecule has 32 heavy (non-hydrogen) atoms. The average Bonchev–Trinajstić information content (AvgIpc) is 3.50. The van der Waals surface area contributed by atoms with Gasteiger partial charge in [0.05, 0.1) is 22.2 Å². The number of carbonyl (C=O) groups excluding carboxylic acids is 2. The van der Waals surface area contributed by atoms with Crippen LogP contribution in [0.25, 0.3) is 22.4 Å².